The van der Waals surface area contributed by atoms with Gasteiger partial charge in [0.1, 0.15) is 0 Å². The summed E-state index contributed by atoms with van der Waals surface area (Å²) in [6, 6.07) is 7.59. The molecule has 3 nitrogen and oxygen atoms in total. The number of rotatable bonds is 2. The third-order valence-electron chi connectivity index (χ3n) is 3.62. The maximum Gasteiger partial charge on any atom is 0.183 e. The molecule has 0 radical (unpaired) electrons. The Morgan fingerprint density at radius 3 is 2.82 bits per heavy atom. The second-order valence-electron chi connectivity index (χ2n) is 4.74. The van der Waals surface area contributed by atoms with Crippen molar-refractivity contribution >= 4 is 16.6 Å². The molecule has 0 saturated heterocycles. The van der Waals surface area contributed by atoms with Gasteiger partial charge in [-0.1, -0.05) is 18.2 Å². The van der Waals surface area contributed by atoms with Crippen LogP contribution in [0.25, 0.3) is 10.8 Å². The highest BCUT2D eigenvalue weighted by Gasteiger charge is 2.40. The fraction of sp³-hybridized carbons (Fsp3) is 0.286. The van der Waals surface area contributed by atoms with Gasteiger partial charge in [-0.15, -0.1) is 0 Å². The van der Waals surface area contributed by atoms with Crippen LogP contribution in [-0.2, 0) is 0 Å². The van der Waals surface area contributed by atoms with Crippen LogP contribution in [0.15, 0.2) is 36.7 Å². The molecule has 1 aromatic carbocycles. The summed E-state index contributed by atoms with van der Waals surface area (Å²) in [5, 5.41) is 1.94. The minimum atomic E-state index is -0.627. The lowest BCUT2D eigenvalue weighted by Crippen LogP contribution is -2.53. The third-order valence-corrected chi connectivity index (χ3v) is 3.62. The predicted octanol–water partition coefficient (Wildman–Crippen LogP) is 2.30. The SMILES string of the molecule is NC1(C(=O)c2cccc3cnccc23)CCC1. The van der Waals surface area contributed by atoms with Crippen molar-refractivity contribution in [3.8, 4) is 0 Å². The van der Waals surface area contributed by atoms with E-state index in [9.17, 15) is 4.79 Å². The molecule has 1 aliphatic rings. The van der Waals surface area contributed by atoms with Crippen LogP contribution in [0.3, 0.4) is 0 Å². The summed E-state index contributed by atoms with van der Waals surface area (Å²) in [6.07, 6.45) is 6.13. The quantitative estimate of drug-likeness (QED) is 0.799. The second-order valence-corrected chi connectivity index (χ2v) is 4.74. The number of nitrogens with zero attached hydrogens (tertiary/aromatic N) is 1. The Morgan fingerprint density at radius 2 is 2.12 bits per heavy atom. The van der Waals surface area contributed by atoms with E-state index in [1.165, 1.54) is 0 Å². The number of Topliss-reactive ketones (excluding diaryl/α,β-unsaturated/α-hetero) is 1. The van der Waals surface area contributed by atoms with E-state index in [4.69, 9.17) is 5.73 Å². The Kier molecular flexibility index (Phi) is 2.23. The zero-order valence-corrected chi connectivity index (χ0v) is 9.52. The number of ketones is 1. The summed E-state index contributed by atoms with van der Waals surface area (Å²) < 4.78 is 0. The van der Waals surface area contributed by atoms with Crippen LogP contribution in [0.5, 0.6) is 0 Å². The van der Waals surface area contributed by atoms with Gasteiger partial charge in [-0.05, 0) is 30.7 Å². The van der Waals surface area contributed by atoms with Crippen LogP contribution in [0.2, 0.25) is 0 Å². The van der Waals surface area contributed by atoms with Gasteiger partial charge in [0.05, 0.1) is 5.54 Å². The molecule has 2 N–H and O–H groups in total. The van der Waals surface area contributed by atoms with Crippen LogP contribution < -0.4 is 5.73 Å². The molecule has 0 amide bonds. The number of pyridine rings is 1. The van der Waals surface area contributed by atoms with Crippen molar-refractivity contribution in [3.05, 3.63) is 42.2 Å². The summed E-state index contributed by atoms with van der Waals surface area (Å²) in [7, 11) is 0. The van der Waals surface area contributed by atoms with Gasteiger partial charge in [-0.3, -0.25) is 9.78 Å². The largest absolute Gasteiger partial charge is 0.319 e. The van der Waals surface area contributed by atoms with Gasteiger partial charge in [-0.25, -0.2) is 0 Å². The van der Waals surface area contributed by atoms with Crippen molar-refractivity contribution in [2.75, 3.05) is 0 Å². The maximum absolute atomic E-state index is 12.4. The molecule has 1 heterocycles. The normalized spacial score (nSPS) is 17.7. The first kappa shape index (κ1) is 10.4. The number of fused-ring (bicyclic) bond motifs is 1. The molecule has 1 aliphatic carbocycles. The van der Waals surface area contributed by atoms with Crippen LogP contribution in [-0.4, -0.2) is 16.3 Å². The summed E-state index contributed by atoms with van der Waals surface area (Å²) in [5.74, 6) is 0.0700. The Morgan fingerprint density at radius 1 is 1.29 bits per heavy atom. The van der Waals surface area contributed by atoms with Gasteiger partial charge >= 0.3 is 0 Å². The number of carbonyl (C=O) groups is 1. The van der Waals surface area contributed by atoms with E-state index < -0.39 is 5.54 Å². The summed E-state index contributed by atoms with van der Waals surface area (Å²) in [6.45, 7) is 0. The molecule has 2 aromatic rings. The van der Waals surface area contributed by atoms with Gasteiger partial charge < -0.3 is 5.73 Å². The Balaban J connectivity index is 2.14. The van der Waals surface area contributed by atoms with Crippen molar-refractivity contribution in [2.24, 2.45) is 5.73 Å². The molecule has 1 fully saturated rings. The summed E-state index contributed by atoms with van der Waals surface area (Å²) in [4.78, 5) is 16.5. The third kappa shape index (κ3) is 1.54. The van der Waals surface area contributed by atoms with Crippen LogP contribution in [0.4, 0.5) is 0 Å². The van der Waals surface area contributed by atoms with Crippen LogP contribution in [0, 0.1) is 0 Å². The molecule has 0 atom stereocenters. The number of carbonyl (C=O) groups excluding carboxylic acids is 1. The molecular weight excluding hydrogens is 212 g/mol. The van der Waals surface area contributed by atoms with E-state index in [-0.39, 0.29) is 5.78 Å². The number of nitrogens with two attached hydrogens (primary N) is 1. The minimum Gasteiger partial charge on any atom is -0.319 e. The average molecular weight is 226 g/mol. The van der Waals surface area contributed by atoms with Crippen LogP contribution >= 0.6 is 0 Å². The first-order valence-electron chi connectivity index (χ1n) is 5.87. The van der Waals surface area contributed by atoms with E-state index in [0.717, 1.165) is 35.6 Å². The van der Waals surface area contributed by atoms with Gasteiger partial charge in [0, 0.05) is 23.3 Å². The van der Waals surface area contributed by atoms with E-state index in [0.29, 0.717) is 0 Å². The lowest BCUT2D eigenvalue weighted by molar-refractivity contribution is 0.0802. The highest BCUT2D eigenvalue weighted by Crippen LogP contribution is 2.34. The number of aromatic nitrogens is 1. The lowest BCUT2D eigenvalue weighted by Gasteiger charge is -2.36. The average Bonchev–Trinajstić information content (AvgIpc) is 2.34. The van der Waals surface area contributed by atoms with Crippen molar-refractivity contribution in [3.63, 3.8) is 0 Å². The summed E-state index contributed by atoms with van der Waals surface area (Å²) >= 11 is 0. The topological polar surface area (TPSA) is 56.0 Å². The smallest absolute Gasteiger partial charge is 0.183 e. The van der Waals surface area contributed by atoms with Crippen molar-refractivity contribution < 1.29 is 4.79 Å². The highest BCUT2D eigenvalue weighted by molar-refractivity contribution is 6.12. The van der Waals surface area contributed by atoms with Crippen LogP contribution in [0.1, 0.15) is 29.6 Å². The lowest BCUT2D eigenvalue weighted by atomic mass is 9.72. The fourth-order valence-corrected chi connectivity index (χ4v) is 2.37. The fourth-order valence-electron chi connectivity index (χ4n) is 2.37. The summed E-state index contributed by atoms with van der Waals surface area (Å²) in [5.41, 5.74) is 6.21. The predicted molar refractivity (Wildman–Crippen MR) is 66.8 cm³/mol. The van der Waals surface area contributed by atoms with Gasteiger partial charge in [-0.2, -0.15) is 0 Å². The van der Waals surface area contributed by atoms with Crippen molar-refractivity contribution in [1.29, 1.82) is 0 Å². The highest BCUT2D eigenvalue weighted by atomic mass is 16.1. The van der Waals surface area contributed by atoms with Gasteiger partial charge in [0.15, 0.2) is 5.78 Å². The molecule has 17 heavy (non-hydrogen) atoms. The Hall–Kier alpha value is -1.74. The van der Waals surface area contributed by atoms with E-state index in [2.05, 4.69) is 4.98 Å². The first-order chi connectivity index (χ1) is 8.21. The number of hydrogen-bond donors (Lipinski definition) is 1. The van der Waals surface area contributed by atoms with E-state index in [1.54, 1.807) is 12.4 Å². The molecule has 0 unspecified atom stereocenters. The molecule has 86 valence electrons. The number of hydrogen-bond acceptors (Lipinski definition) is 3. The Bertz CT molecular complexity index is 582. The van der Waals surface area contributed by atoms with Crippen molar-refractivity contribution in [2.45, 2.75) is 24.8 Å². The molecule has 1 aromatic heterocycles. The zero-order valence-electron chi connectivity index (χ0n) is 9.52. The molecule has 0 aliphatic heterocycles. The first-order valence-corrected chi connectivity index (χ1v) is 5.87. The standard InChI is InChI=1S/C14H14N2O/c15-14(6-2-7-14)13(17)12-4-1-3-10-9-16-8-5-11(10)12/h1,3-5,8-9H,2,6-7,15H2. The molecule has 0 spiro atoms. The van der Waals surface area contributed by atoms with E-state index in [1.807, 2.05) is 24.3 Å². The van der Waals surface area contributed by atoms with Gasteiger partial charge in [0.2, 0.25) is 0 Å². The second kappa shape index (κ2) is 3.64. The van der Waals surface area contributed by atoms with Gasteiger partial charge in [0.25, 0.3) is 0 Å². The van der Waals surface area contributed by atoms with E-state index >= 15 is 0 Å². The molecular formula is C14H14N2O. The number of benzene rings is 1. The molecule has 3 rings (SSSR count). The monoisotopic (exact) mass is 226 g/mol. The maximum atomic E-state index is 12.4. The molecule has 0 bridgehead atoms. The zero-order chi connectivity index (χ0) is 11.9. The Labute approximate surface area is 99.7 Å². The molecule has 3 heteroatoms. The molecule has 1 saturated carbocycles. The van der Waals surface area contributed by atoms with Crippen molar-refractivity contribution in [1.82, 2.24) is 4.98 Å². The minimum absolute atomic E-state index is 0.0700.